The molecule has 0 amide bonds. The lowest BCUT2D eigenvalue weighted by Gasteiger charge is -2.59. The van der Waals surface area contributed by atoms with Crippen molar-refractivity contribution in [2.24, 2.45) is 34.5 Å². The van der Waals surface area contributed by atoms with Gasteiger partial charge in [-0.25, -0.2) is 0 Å². The molecule has 0 saturated heterocycles. The van der Waals surface area contributed by atoms with E-state index in [-0.39, 0.29) is 16.6 Å². The SMILES string of the molecule is C[C@@H]1CC2=CC(=O)C=C[C@]2(C)[C@H]2CC[C@@]3(C)[C@@H](CC[C@]3(C)O)[C@H]12. The predicted octanol–water partition coefficient (Wildman–Crippen LogP) is 4.29. The molecule has 0 spiro atoms. The van der Waals surface area contributed by atoms with Crippen molar-refractivity contribution in [3.8, 4) is 0 Å². The van der Waals surface area contributed by atoms with Crippen LogP contribution in [0.25, 0.3) is 0 Å². The molecule has 0 aliphatic heterocycles. The monoisotopic (exact) mass is 314 g/mol. The van der Waals surface area contributed by atoms with Crippen LogP contribution in [0, 0.1) is 34.5 Å². The molecule has 126 valence electrons. The van der Waals surface area contributed by atoms with E-state index >= 15 is 0 Å². The summed E-state index contributed by atoms with van der Waals surface area (Å²) in [5.74, 6) is 2.68. The minimum Gasteiger partial charge on any atom is -0.390 e. The van der Waals surface area contributed by atoms with Gasteiger partial charge in [-0.1, -0.05) is 32.4 Å². The van der Waals surface area contributed by atoms with Crippen LogP contribution in [0.5, 0.6) is 0 Å². The maximum atomic E-state index is 11.8. The van der Waals surface area contributed by atoms with Crippen molar-refractivity contribution >= 4 is 5.78 Å². The van der Waals surface area contributed by atoms with E-state index < -0.39 is 5.60 Å². The quantitative estimate of drug-likeness (QED) is 0.724. The van der Waals surface area contributed by atoms with Gasteiger partial charge in [0.15, 0.2) is 5.78 Å². The Labute approximate surface area is 140 Å². The fourth-order valence-corrected chi connectivity index (χ4v) is 6.79. The lowest BCUT2D eigenvalue weighted by atomic mass is 9.45. The lowest BCUT2D eigenvalue weighted by Crippen LogP contribution is -2.55. The minimum absolute atomic E-state index is 0.0564. The van der Waals surface area contributed by atoms with Gasteiger partial charge in [-0.05, 0) is 80.3 Å². The first-order chi connectivity index (χ1) is 10.7. The molecule has 3 fully saturated rings. The molecule has 4 rings (SSSR count). The van der Waals surface area contributed by atoms with Gasteiger partial charge in [-0.15, -0.1) is 0 Å². The molecule has 4 aliphatic carbocycles. The average molecular weight is 314 g/mol. The summed E-state index contributed by atoms with van der Waals surface area (Å²) in [4.78, 5) is 11.8. The molecular formula is C21H30O2. The Balaban J connectivity index is 1.76. The number of allylic oxidation sites excluding steroid dienone is 4. The summed E-state index contributed by atoms with van der Waals surface area (Å²) in [5, 5.41) is 11.0. The number of carbonyl (C=O) groups is 1. The van der Waals surface area contributed by atoms with Gasteiger partial charge in [0.25, 0.3) is 0 Å². The summed E-state index contributed by atoms with van der Waals surface area (Å²) >= 11 is 0. The molecule has 0 radical (unpaired) electrons. The van der Waals surface area contributed by atoms with E-state index in [0.29, 0.717) is 23.7 Å². The van der Waals surface area contributed by atoms with E-state index in [9.17, 15) is 9.90 Å². The smallest absolute Gasteiger partial charge is 0.178 e. The van der Waals surface area contributed by atoms with Crippen LogP contribution in [0.15, 0.2) is 23.8 Å². The van der Waals surface area contributed by atoms with Crippen molar-refractivity contribution in [3.63, 3.8) is 0 Å². The number of carbonyl (C=O) groups excluding carboxylic acids is 1. The Bertz CT molecular complexity index is 613. The van der Waals surface area contributed by atoms with Crippen LogP contribution in [-0.2, 0) is 4.79 Å². The van der Waals surface area contributed by atoms with E-state index in [1.807, 2.05) is 6.08 Å². The third kappa shape index (κ3) is 1.88. The highest BCUT2D eigenvalue weighted by Crippen LogP contribution is 2.67. The van der Waals surface area contributed by atoms with Crippen LogP contribution >= 0.6 is 0 Å². The van der Waals surface area contributed by atoms with Crippen molar-refractivity contribution in [1.82, 2.24) is 0 Å². The molecule has 0 bridgehead atoms. The number of ketones is 1. The first kappa shape index (κ1) is 15.6. The lowest BCUT2D eigenvalue weighted by molar-refractivity contribution is -0.123. The van der Waals surface area contributed by atoms with Gasteiger partial charge in [0.1, 0.15) is 0 Å². The van der Waals surface area contributed by atoms with Crippen LogP contribution in [-0.4, -0.2) is 16.5 Å². The third-order valence-electron chi connectivity index (χ3n) is 8.47. The van der Waals surface area contributed by atoms with E-state index in [0.717, 1.165) is 25.7 Å². The summed E-state index contributed by atoms with van der Waals surface area (Å²) in [6, 6.07) is 0. The first-order valence-electron chi connectivity index (χ1n) is 9.36. The van der Waals surface area contributed by atoms with Gasteiger partial charge in [-0.2, -0.15) is 0 Å². The van der Waals surface area contributed by atoms with Crippen LogP contribution in [0.3, 0.4) is 0 Å². The van der Waals surface area contributed by atoms with Crippen LogP contribution in [0.4, 0.5) is 0 Å². The van der Waals surface area contributed by atoms with E-state index in [2.05, 4.69) is 33.8 Å². The van der Waals surface area contributed by atoms with Crippen LogP contribution < -0.4 is 0 Å². The molecular weight excluding hydrogens is 284 g/mol. The fraction of sp³-hybridized carbons (Fsp3) is 0.762. The van der Waals surface area contributed by atoms with Crippen molar-refractivity contribution < 1.29 is 9.90 Å². The average Bonchev–Trinajstić information content (AvgIpc) is 2.72. The zero-order valence-corrected chi connectivity index (χ0v) is 14.9. The van der Waals surface area contributed by atoms with Gasteiger partial charge in [-0.3, -0.25) is 4.79 Å². The summed E-state index contributed by atoms with van der Waals surface area (Å²) in [5.41, 5.74) is 0.958. The van der Waals surface area contributed by atoms with Gasteiger partial charge < -0.3 is 5.11 Å². The van der Waals surface area contributed by atoms with Crippen molar-refractivity contribution in [2.75, 3.05) is 0 Å². The summed E-state index contributed by atoms with van der Waals surface area (Å²) < 4.78 is 0. The Kier molecular flexibility index (Phi) is 3.12. The van der Waals surface area contributed by atoms with E-state index in [1.54, 1.807) is 6.08 Å². The van der Waals surface area contributed by atoms with E-state index in [4.69, 9.17) is 0 Å². The molecule has 1 N–H and O–H groups in total. The van der Waals surface area contributed by atoms with Gasteiger partial charge >= 0.3 is 0 Å². The van der Waals surface area contributed by atoms with E-state index in [1.165, 1.54) is 12.0 Å². The van der Waals surface area contributed by atoms with Crippen LogP contribution in [0.2, 0.25) is 0 Å². The second-order valence-corrected chi connectivity index (χ2v) is 9.43. The largest absolute Gasteiger partial charge is 0.390 e. The Morgan fingerprint density at radius 2 is 1.83 bits per heavy atom. The summed E-state index contributed by atoms with van der Waals surface area (Å²) in [6.07, 6.45) is 11.3. The standard InChI is InChI=1S/C21H30O2/c1-13-11-14-12-15(22)5-8-19(14,2)16-6-9-20(3)17(18(13)16)7-10-21(20,4)23/h5,8,12-13,16-18,23H,6-7,9-11H2,1-4H3/t13-,16+,17+,18-,19+,20+,21+/m1/s1. The number of hydrogen-bond acceptors (Lipinski definition) is 2. The molecule has 0 unspecified atom stereocenters. The molecule has 0 aromatic rings. The van der Waals surface area contributed by atoms with Crippen molar-refractivity contribution in [2.45, 2.75) is 65.4 Å². The van der Waals surface area contributed by atoms with Crippen molar-refractivity contribution in [1.29, 1.82) is 0 Å². The fourth-order valence-electron chi connectivity index (χ4n) is 6.79. The maximum Gasteiger partial charge on any atom is 0.178 e. The second kappa shape index (κ2) is 4.59. The molecule has 2 heteroatoms. The Morgan fingerprint density at radius 3 is 2.57 bits per heavy atom. The van der Waals surface area contributed by atoms with Gasteiger partial charge in [0.2, 0.25) is 0 Å². The number of aliphatic hydroxyl groups is 1. The highest BCUT2D eigenvalue weighted by molar-refractivity contribution is 6.01. The highest BCUT2D eigenvalue weighted by atomic mass is 16.3. The number of hydrogen-bond donors (Lipinski definition) is 1. The molecule has 4 aliphatic rings. The topological polar surface area (TPSA) is 37.3 Å². The first-order valence-corrected chi connectivity index (χ1v) is 9.36. The normalized spacial score (nSPS) is 55.0. The number of fused-ring (bicyclic) bond motifs is 5. The zero-order chi connectivity index (χ0) is 16.6. The number of rotatable bonds is 0. The van der Waals surface area contributed by atoms with Crippen molar-refractivity contribution in [3.05, 3.63) is 23.8 Å². The zero-order valence-electron chi connectivity index (χ0n) is 14.9. The minimum atomic E-state index is -0.516. The second-order valence-electron chi connectivity index (χ2n) is 9.43. The summed E-state index contributed by atoms with van der Waals surface area (Å²) in [7, 11) is 0. The van der Waals surface area contributed by atoms with Crippen LogP contribution in [0.1, 0.15) is 59.8 Å². The predicted molar refractivity (Wildman–Crippen MR) is 91.8 cm³/mol. The third-order valence-corrected chi connectivity index (χ3v) is 8.47. The molecule has 2 nitrogen and oxygen atoms in total. The Hall–Kier alpha value is -0.890. The maximum absolute atomic E-state index is 11.8. The molecule has 3 saturated carbocycles. The molecule has 0 heterocycles. The van der Waals surface area contributed by atoms with Gasteiger partial charge in [0.05, 0.1) is 5.60 Å². The molecule has 0 aromatic carbocycles. The highest BCUT2D eigenvalue weighted by Gasteiger charge is 2.63. The molecule has 0 aromatic heterocycles. The summed E-state index contributed by atoms with van der Waals surface area (Å²) in [6.45, 7) is 9.12. The van der Waals surface area contributed by atoms with Gasteiger partial charge in [0, 0.05) is 5.41 Å². The Morgan fingerprint density at radius 1 is 1.13 bits per heavy atom. The molecule has 23 heavy (non-hydrogen) atoms. The molecule has 7 atom stereocenters.